The number of ether oxygens (including phenoxy) is 1. The van der Waals surface area contributed by atoms with Crippen LogP contribution in [0.3, 0.4) is 0 Å². The number of hydrogen-bond acceptors (Lipinski definition) is 5. The summed E-state index contributed by atoms with van der Waals surface area (Å²) in [5.74, 6) is 0.0853. The first-order chi connectivity index (χ1) is 15.1. The fourth-order valence-corrected chi connectivity index (χ4v) is 3.95. The molecule has 1 aromatic heterocycles. The summed E-state index contributed by atoms with van der Waals surface area (Å²) in [6.07, 6.45) is -3.99. The highest BCUT2D eigenvalue weighted by atomic mass is 35.5. The summed E-state index contributed by atoms with van der Waals surface area (Å²) in [7, 11) is 0. The first-order valence-electron chi connectivity index (χ1n) is 9.81. The molecule has 2 aromatic rings. The van der Waals surface area contributed by atoms with Crippen LogP contribution in [0.1, 0.15) is 28.7 Å². The number of piperazine rings is 1. The van der Waals surface area contributed by atoms with E-state index < -0.39 is 16.9 Å². The number of amides is 1. The van der Waals surface area contributed by atoms with Gasteiger partial charge in [0, 0.05) is 37.8 Å². The van der Waals surface area contributed by atoms with Crippen molar-refractivity contribution < 1.29 is 27.5 Å². The Balaban J connectivity index is 1.70. The number of anilines is 1. The Hall–Kier alpha value is -2.46. The lowest BCUT2D eigenvalue weighted by molar-refractivity contribution is -0.142. The van der Waals surface area contributed by atoms with Crippen molar-refractivity contribution in [2.75, 3.05) is 37.7 Å². The second-order valence-corrected chi connectivity index (χ2v) is 7.95. The van der Waals surface area contributed by atoms with E-state index in [-0.39, 0.29) is 18.1 Å². The van der Waals surface area contributed by atoms with Gasteiger partial charge in [-0.15, -0.1) is 0 Å². The highest BCUT2D eigenvalue weighted by Gasteiger charge is 2.38. The van der Waals surface area contributed by atoms with Gasteiger partial charge in [0.1, 0.15) is 12.3 Å². The molecule has 1 aliphatic heterocycles. The van der Waals surface area contributed by atoms with E-state index in [1.54, 1.807) is 11.0 Å². The van der Waals surface area contributed by atoms with Gasteiger partial charge in [0.15, 0.2) is 12.0 Å². The number of aldehydes is 1. The summed E-state index contributed by atoms with van der Waals surface area (Å²) in [5, 5.41) is 3.29. The molecule has 0 N–H and O–H groups in total. The Kier molecular flexibility index (Phi) is 7.24. The van der Waals surface area contributed by atoms with E-state index in [1.165, 1.54) is 13.0 Å². The van der Waals surface area contributed by atoms with Crippen molar-refractivity contribution in [3.8, 4) is 5.75 Å². The van der Waals surface area contributed by atoms with E-state index in [9.17, 15) is 22.8 Å². The lowest BCUT2D eigenvalue weighted by Crippen LogP contribution is -2.50. The molecule has 1 fully saturated rings. The number of carbonyl (C=O) groups is 2. The Labute approximate surface area is 192 Å². The van der Waals surface area contributed by atoms with Gasteiger partial charge in [0.2, 0.25) is 5.91 Å². The van der Waals surface area contributed by atoms with Crippen LogP contribution in [0.15, 0.2) is 12.1 Å². The molecule has 0 unspecified atom stereocenters. The van der Waals surface area contributed by atoms with Gasteiger partial charge in [-0.2, -0.15) is 18.3 Å². The number of aromatic nitrogens is 2. The molecule has 0 radical (unpaired) electrons. The predicted molar refractivity (Wildman–Crippen MR) is 114 cm³/mol. The van der Waals surface area contributed by atoms with Crippen LogP contribution in [-0.4, -0.2) is 59.7 Å². The molecule has 1 aromatic carbocycles. The molecule has 2 heterocycles. The minimum absolute atomic E-state index is 0.0752. The first kappa shape index (κ1) is 24.2. The molecule has 0 saturated carbocycles. The van der Waals surface area contributed by atoms with E-state index in [0.717, 1.165) is 4.68 Å². The smallest absolute Gasteiger partial charge is 0.436 e. The number of benzene rings is 1. The van der Waals surface area contributed by atoms with Crippen molar-refractivity contribution in [2.45, 2.75) is 26.6 Å². The third-order valence-electron chi connectivity index (χ3n) is 5.17. The monoisotopic (exact) mass is 492 g/mol. The maximum Gasteiger partial charge on any atom is 0.436 e. The van der Waals surface area contributed by atoms with Crippen LogP contribution in [0.25, 0.3) is 0 Å². The van der Waals surface area contributed by atoms with Gasteiger partial charge >= 0.3 is 6.18 Å². The molecule has 1 saturated heterocycles. The maximum absolute atomic E-state index is 13.0. The van der Waals surface area contributed by atoms with Gasteiger partial charge < -0.3 is 14.5 Å². The largest absolute Gasteiger partial charge is 0.492 e. The van der Waals surface area contributed by atoms with Crippen LogP contribution < -0.4 is 9.64 Å². The summed E-state index contributed by atoms with van der Waals surface area (Å²) in [6.45, 7) is 4.76. The quantitative estimate of drug-likeness (QED) is 0.568. The van der Waals surface area contributed by atoms with Gasteiger partial charge in [0.25, 0.3) is 0 Å². The van der Waals surface area contributed by atoms with Crippen LogP contribution >= 0.6 is 23.2 Å². The van der Waals surface area contributed by atoms with Crippen molar-refractivity contribution >= 4 is 41.1 Å². The lowest BCUT2D eigenvalue weighted by atomic mass is 10.1. The number of nitrogens with zero attached hydrogens (tertiary/aromatic N) is 4. The van der Waals surface area contributed by atoms with Crippen molar-refractivity contribution in [3.63, 3.8) is 0 Å². The molecular formula is C20H21Cl2F3N4O3. The van der Waals surface area contributed by atoms with Gasteiger partial charge in [-0.3, -0.25) is 14.3 Å². The summed E-state index contributed by atoms with van der Waals surface area (Å²) in [4.78, 5) is 27.7. The molecule has 0 atom stereocenters. The third kappa shape index (κ3) is 4.96. The Bertz CT molecular complexity index is 1020. The molecule has 1 aliphatic rings. The van der Waals surface area contributed by atoms with Gasteiger partial charge in [-0.05, 0) is 19.9 Å². The van der Waals surface area contributed by atoms with Crippen LogP contribution in [0.4, 0.5) is 18.9 Å². The summed E-state index contributed by atoms with van der Waals surface area (Å²) >= 11 is 11.9. The first-order valence-corrected chi connectivity index (χ1v) is 10.6. The second-order valence-electron chi connectivity index (χ2n) is 7.16. The highest BCUT2D eigenvalue weighted by Crippen LogP contribution is 2.35. The van der Waals surface area contributed by atoms with Gasteiger partial charge in [0.05, 0.1) is 28.0 Å². The minimum atomic E-state index is -4.70. The minimum Gasteiger partial charge on any atom is -0.492 e. The molecule has 32 heavy (non-hydrogen) atoms. The molecule has 0 spiro atoms. The molecular weight excluding hydrogens is 472 g/mol. The number of halogens is 5. The fraction of sp³-hybridized carbons (Fsp3) is 0.450. The maximum atomic E-state index is 13.0. The van der Waals surface area contributed by atoms with Crippen molar-refractivity contribution in [3.05, 3.63) is 39.1 Å². The van der Waals surface area contributed by atoms with Crippen LogP contribution in [-0.2, 0) is 17.5 Å². The topological polar surface area (TPSA) is 67.7 Å². The number of carbonyl (C=O) groups excluding carboxylic acids is 2. The van der Waals surface area contributed by atoms with E-state index in [0.29, 0.717) is 61.1 Å². The average molecular weight is 493 g/mol. The van der Waals surface area contributed by atoms with E-state index in [1.807, 2.05) is 11.8 Å². The number of hydrogen-bond donors (Lipinski definition) is 0. The Morgan fingerprint density at radius 3 is 2.41 bits per heavy atom. The second kappa shape index (κ2) is 9.58. The average Bonchev–Trinajstić information content (AvgIpc) is 3.04. The molecule has 12 heteroatoms. The Morgan fingerprint density at radius 2 is 1.88 bits per heavy atom. The summed E-state index contributed by atoms with van der Waals surface area (Å²) in [5.41, 5.74) is -0.0843. The van der Waals surface area contributed by atoms with Crippen molar-refractivity contribution in [1.29, 1.82) is 0 Å². The molecule has 0 bridgehead atoms. The van der Waals surface area contributed by atoms with E-state index in [4.69, 9.17) is 27.9 Å². The zero-order chi connectivity index (χ0) is 23.6. The molecule has 174 valence electrons. The van der Waals surface area contributed by atoms with Crippen LogP contribution in [0, 0.1) is 6.92 Å². The lowest BCUT2D eigenvalue weighted by Gasteiger charge is -2.36. The molecule has 3 rings (SSSR count). The van der Waals surface area contributed by atoms with Crippen LogP contribution in [0.2, 0.25) is 10.0 Å². The molecule has 0 aliphatic carbocycles. The third-order valence-corrected chi connectivity index (χ3v) is 5.92. The van der Waals surface area contributed by atoms with Crippen molar-refractivity contribution in [2.24, 2.45) is 0 Å². The van der Waals surface area contributed by atoms with E-state index >= 15 is 0 Å². The standard InChI is InChI=1S/C20H21Cl2F3N4O3/c1-3-32-16-9-15(13(11-30)8-14(16)21)27-4-6-28(7-5-27)17(31)10-29-12(2)18(22)19(26-29)20(23,24)25/h8-9,11H,3-7,10H2,1-2H3. The van der Waals surface area contributed by atoms with Crippen molar-refractivity contribution in [1.82, 2.24) is 14.7 Å². The number of alkyl halides is 3. The summed E-state index contributed by atoms with van der Waals surface area (Å²) in [6, 6.07) is 3.23. The highest BCUT2D eigenvalue weighted by molar-refractivity contribution is 6.32. The van der Waals surface area contributed by atoms with Gasteiger partial charge in [-0.1, -0.05) is 23.2 Å². The normalized spacial score (nSPS) is 14.6. The molecule has 1 amide bonds. The Morgan fingerprint density at radius 1 is 1.22 bits per heavy atom. The fourth-order valence-electron chi connectivity index (χ4n) is 3.48. The number of rotatable bonds is 6. The SMILES string of the molecule is CCOc1cc(N2CCN(C(=O)Cn3nc(C(F)(F)F)c(Cl)c3C)CC2)c(C=O)cc1Cl. The van der Waals surface area contributed by atoms with Crippen LogP contribution in [0.5, 0.6) is 5.75 Å². The van der Waals surface area contributed by atoms with E-state index in [2.05, 4.69) is 5.10 Å². The van der Waals surface area contributed by atoms with Gasteiger partial charge in [-0.25, -0.2) is 0 Å². The zero-order valence-corrected chi connectivity index (χ0v) is 18.9. The molecule has 7 nitrogen and oxygen atoms in total. The predicted octanol–water partition coefficient (Wildman–Crippen LogP) is 4.08. The summed E-state index contributed by atoms with van der Waals surface area (Å²) < 4.78 is 45.5. The zero-order valence-electron chi connectivity index (χ0n) is 17.4.